The van der Waals surface area contributed by atoms with E-state index in [9.17, 15) is 4.79 Å². The molecule has 14 heavy (non-hydrogen) atoms. The minimum atomic E-state index is -0.313. The van der Waals surface area contributed by atoms with Crippen molar-refractivity contribution in [3.05, 3.63) is 11.6 Å². The third-order valence-electron chi connectivity index (χ3n) is 2.60. The van der Waals surface area contributed by atoms with Crippen molar-refractivity contribution in [2.24, 2.45) is 5.41 Å². The Kier molecular flexibility index (Phi) is 3.55. The van der Waals surface area contributed by atoms with Crippen LogP contribution in [0.2, 0.25) is 0 Å². The molecule has 0 spiro atoms. The molecule has 1 amide bonds. The van der Waals surface area contributed by atoms with Gasteiger partial charge >= 0.3 is 6.09 Å². The zero-order chi connectivity index (χ0) is 10.6. The monoisotopic (exact) mass is 197 g/mol. The van der Waals surface area contributed by atoms with Gasteiger partial charge in [0.2, 0.25) is 0 Å². The zero-order valence-electron chi connectivity index (χ0n) is 9.22. The van der Waals surface area contributed by atoms with E-state index in [2.05, 4.69) is 25.2 Å². The van der Waals surface area contributed by atoms with E-state index in [0.29, 0.717) is 13.2 Å². The summed E-state index contributed by atoms with van der Waals surface area (Å²) in [5.74, 6) is 0. The molecule has 1 aliphatic rings. The molecule has 0 aromatic carbocycles. The molecule has 1 rings (SSSR count). The summed E-state index contributed by atoms with van der Waals surface area (Å²) >= 11 is 0. The first-order chi connectivity index (χ1) is 6.56. The maximum Gasteiger partial charge on any atom is 0.407 e. The average Bonchev–Trinajstić information content (AvgIpc) is 2.45. The second kappa shape index (κ2) is 4.49. The van der Waals surface area contributed by atoms with Gasteiger partial charge in [-0.1, -0.05) is 18.6 Å². The van der Waals surface area contributed by atoms with E-state index < -0.39 is 0 Å². The third-order valence-corrected chi connectivity index (χ3v) is 2.60. The number of rotatable bonds is 3. The molecule has 3 heteroatoms. The number of hydrogen-bond donors (Lipinski definition) is 1. The number of nitrogens with one attached hydrogen (secondary N) is 1. The van der Waals surface area contributed by atoms with Crippen LogP contribution in [0.4, 0.5) is 4.79 Å². The third kappa shape index (κ3) is 3.05. The fraction of sp³-hybridized carbons (Fsp3) is 0.727. The highest BCUT2D eigenvalue weighted by Gasteiger charge is 2.26. The first-order valence-corrected chi connectivity index (χ1v) is 5.15. The molecule has 80 valence electrons. The summed E-state index contributed by atoms with van der Waals surface area (Å²) in [6.07, 6.45) is 4.19. The highest BCUT2D eigenvalue weighted by atomic mass is 16.5. The predicted molar refractivity (Wildman–Crippen MR) is 56.1 cm³/mol. The minimum absolute atomic E-state index is 0.122. The first-order valence-electron chi connectivity index (χ1n) is 5.15. The summed E-state index contributed by atoms with van der Waals surface area (Å²) in [5, 5.41) is 2.78. The largest absolute Gasteiger partial charge is 0.450 e. The van der Waals surface area contributed by atoms with Crippen molar-refractivity contribution in [1.82, 2.24) is 5.32 Å². The van der Waals surface area contributed by atoms with Crippen molar-refractivity contribution in [1.29, 1.82) is 0 Å². The van der Waals surface area contributed by atoms with Crippen molar-refractivity contribution in [3.8, 4) is 0 Å². The van der Waals surface area contributed by atoms with Gasteiger partial charge < -0.3 is 10.1 Å². The smallest absolute Gasteiger partial charge is 0.407 e. The molecule has 0 fully saturated rings. The van der Waals surface area contributed by atoms with Crippen LogP contribution in [0.15, 0.2) is 11.6 Å². The predicted octanol–water partition coefficient (Wildman–Crippen LogP) is 2.48. The molecule has 0 aliphatic heterocycles. The fourth-order valence-electron chi connectivity index (χ4n) is 1.82. The van der Waals surface area contributed by atoms with E-state index in [1.54, 1.807) is 6.92 Å². The Morgan fingerprint density at radius 2 is 2.43 bits per heavy atom. The van der Waals surface area contributed by atoms with Gasteiger partial charge in [-0.2, -0.15) is 0 Å². The van der Waals surface area contributed by atoms with Crippen LogP contribution in [0.3, 0.4) is 0 Å². The lowest BCUT2D eigenvalue weighted by Crippen LogP contribution is -2.34. The van der Waals surface area contributed by atoms with Gasteiger partial charge in [0.1, 0.15) is 0 Å². The highest BCUT2D eigenvalue weighted by molar-refractivity contribution is 5.67. The number of carbonyl (C=O) groups is 1. The number of alkyl carbamates (subject to hydrolysis) is 1. The fourth-order valence-corrected chi connectivity index (χ4v) is 1.82. The van der Waals surface area contributed by atoms with Gasteiger partial charge in [0, 0.05) is 12.0 Å². The van der Waals surface area contributed by atoms with Gasteiger partial charge in [-0.25, -0.2) is 4.79 Å². The van der Waals surface area contributed by atoms with Crippen LogP contribution >= 0.6 is 0 Å². The molecular weight excluding hydrogens is 178 g/mol. The van der Waals surface area contributed by atoms with Crippen molar-refractivity contribution < 1.29 is 9.53 Å². The van der Waals surface area contributed by atoms with Crippen molar-refractivity contribution >= 4 is 6.09 Å². The number of allylic oxidation sites excluding steroid dienone is 1. The van der Waals surface area contributed by atoms with E-state index >= 15 is 0 Å². The summed E-state index contributed by atoms with van der Waals surface area (Å²) in [7, 11) is 0. The molecule has 0 aromatic heterocycles. The summed E-state index contributed by atoms with van der Waals surface area (Å²) in [6.45, 7) is 7.20. The number of hydrogen-bond acceptors (Lipinski definition) is 2. The maximum absolute atomic E-state index is 11.1. The van der Waals surface area contributed by atoms with Crippen molar-refractivity contribution in [3.63, 3.8) is 0 Å². The summed E-state index contributed by atoms with van der Waals surface area (Å²) in [4.78, 5) is 11.1. The number of ether oxygens (including phenoxy) is 1. The molecule has 3 nitrogen and oxygen atoms in total. The van der Waals surface area contributed by atoms with E-state index in [1.807, 2.05) is 0 Å². The van der Waals surface area contributed by atoms with E-state index in [0.717, 1.165) is 12.8 Å². The zero-order valence-corrected chi connectivity index (χ0v) is 9.22. The Labute approximate surface area is 85.5 Å². The Morgan fingerprint density at radius 3 is 2.93 bits per heavy atom. The van der Waals surface area contributed by atoms with Crippen LogP contribution in [0.5, 0.6) is 0 Å². The molecule has 0 saturated heterocycles. The highest BCUT2D eigenvalue weighted by Crippen LogP contribution is 2.34. The van der Waals surface area contributed by atoms with Gasteiger partial charge in [0.25, 0.3) is 0 Å². The van der Waals surface area contributed by atoms with Gasteiger partial charge in [-0.3, -0.25) is 0 Å². The molecular formula is C11H19NO2. The molecule has 1 aliphatic carbocycles. The average molecular weight is 197 g/mol. The number of carbonyl (C=O) groups excluding carboxylic acids is 1. The Morgan fingerprint density at radius 1 is 1.71 bits per heavy atom. The summed E-state index contributed by atoms with van der Waals surface area (Å²) in [6, 6.07) is 0. The van der Waals surface area contributed by atoms with Crippen molar-refractivity contribution in [2.75, 3.05) is 13.2 Å². The van der Waals surface area contributed by atoms with Gasteiger partial charge in [0.15, 0.2) is 0 Å². The second-order valence-corrected chi connectivity index (χ2v) is 4.22. The Balaban J connectivity index is 2.34. The van der Waals surface area contributed by atoms with E-state index in [1.165, 1.54) is 5.57 Å². The van der Waals surface area contributed by atoms with Crippen LogP contribution in [0, 0.1) is 5.41 Å². The van der Waals surface area contributed by atoms with Crippen LogP contribution in [0.25, 0.3) is 0 Å². The lowest BCUT2D eigenvalue weighted by molar-refractivity contribution is 0.148. The summed E-state index contributed by atoms with van der Waals surface area (Å²) < 4.78 is 4.80. The van der Waals surface area contributed by atoms with E-state index in [-0.39, 0.29) is 11.5 Å². The van der Waals surface area contributed by atoms with E-state index in [4.69, 9.17) is 4.74 Å². The van der Waals surface area contributed by atoms with Crippen molar-refractivity contribution in [2.45, 2.75) is 33.6 Å². The quantitative estimate of drug-likeness (QED) is 0.706. The molecule has 0 unspecified atom stereocenters. The molecule has 0 aromatic rings. The normalized spacial score (nSPS) is 25.8. The minimum Gasteiger partial charge on any atom is -0.450 e. The molecule has 0 saturated carbocycles. The van der Waals surface area contributed by atoms with Gasteiger partial charge in [0.05, 0.1) is 6.61 Å². The molecule has 1 N–H and O–H groups in total. The standard InChI is InChI=1S/C11H19NO2/c1-4-14-10(13)12-8-11(3)6-5-9(2)7-11/h7H,4-6,8H2,1-3H3,(H,12,13)/t11-/m1/s1. The Bertz CT molecular complexity index is 248. The van der Waals surface area contributed by atoms with Crippen LogP contribution in [0.1, 0.15) is 33.6 Å². The molecule has 0 heterocycles. The van der Waals surface area contributed by atoms with Gasteiger partial charge in [-0.15, -0.1) is 0 Å². The van der Waals surface area contributed by atoms with Crippen LogP contribution in [-0.4, -0.2) is 19.2 Å². The van der Waals surface area contributed by atoms with Crippen LogP contribution < -0.4 is 5.32 Å². The topological polar surface area (TPSA) is 38.3 Å². The molecule has 0 bridgehead atoms. The molecule has 1 atom stereocenters. The second-order valence-electron chi connectivity index (χ2n) is 4.22. The lowest BCUT2D eigenvalue weighted by atomic mass is 9.90. The van der Waals surface area contributed by atoms with Gasteiger partial charge in [-0.05, 0) is 26.7 Å². The van der Waals surface area contributed by atoms with Crippen LogP contribution in [-0.2, 0) is 4.74 Å². The first kappa shape index (κ1) is 11.1. The molecule has 0 radical (unpaired) electrons. The number of amides is 1. The maximum atomic E-state index is 11.1. The SMILES string of the molecule is CCOC(=O)NC[C@@]1(C)C=C(C)CC1. The summed E-state index contributed by atoms with van der Waals surface area (Å²) in [5.41, 5.74) is 1.54. The Hall–Kier alpha value is -0.990. The lowest BCUT2D eigenvalue weighted by Gasteiger charge is -2.21.